The van der Waals surface area contributed by atoms with E-state index in [1.165, 1.54) is 12.4 Å². The van der Waals surface area contributed by atoms with Gasteiger partial charge in [-0.25, -0.2) is 8.42 Å². The normalized spacial score (nSPS) is 35.8. The standard InChI is InChI=1S/C13H14N2O3S/c14-6-9-3-10(8-15-7-9)13(16)4-11-1-2-12(5-13)19(11,17)18/h3,7-8,11-12,16H,1-2,4-5H2. The predicted octanol–water partition coefficient (Wildman–Crippen LogP) is 0.880. The van der Waals surface area contributed by atoms with Crippen LogP contribution >= 0.6 is 0 Å². The van der Waals surface area contributed by atoms with E-state index in [-0.39, 0.29) is 12.8 Å². The van der Waals surface area contributed by atoms with Gasteiger partial charge in [0.25, 0.3) is 0 Å². The quantitative estimate of drug-likeness (QED) is 0.823. The molecule has 0 saturated carbocycles. The zero-order valence-corrected chi connectivity index (χ0v) is 11.1. The van der Waals surface area contributed by atoms with E-state index in [1.54, 1.807) is 6.07 Å². The second kappa shape index (κ2) is 4.02. The van der Waals surface area contributed by atoms with Crippen molar-refractivity contribution in [2.45, 2.75) is 41.8 Å². The first-order valence-electron chi connectivity index (χ1n) is 6.26. The minimum Gasteiger partial charge on any atom is -0.385 e. The molecule has 6 heteroatoms. The first-order valence-corrected chi connectivity index (χ1v) is 7.87. The molecule has 1 N–H and O–H groups in total. The van der Waals surface area contributed by atoms with Crippen molar-refractivity contribution in [2.75, 3.05) is 0 Å². The molecule has 0 aromatic carbocycles. The van der Waals surface area contributed by atoms with E-state index in [0.717, 1.165) is 0 Å². The maximum atomic E-state index is 12.0. The van der Waals surface area contributed by atoms with Gasteiger partial charge in [0, 0.05) is 18.0 Å². The molecule has 1 aromatic rings. The summed E-state index contributed by atoms with van der Waals surface area (Å²) in [6.07, 6.45) is 4.63. The van der Waals surface area contributed by atoms with Crippen molar-refractivity contribution in [3.05, 3.63) is 29.6 Å². The van der Waals surface area contributed by atoms with Crippen molar-refractivity contribution in [1.82, 2.24) is 4.98 Å². The van der Waals surface area contributed by atoms with Gasteiger partial charge in [-0.05, 0) is 31.7 Å². The van der Waals surface area contributed by atoms with Crippen LogP contribution < -0.4 is 0 Å². The molecular formula is C13H14N2O3S. The molecule has 2 aliphatic heterocycles. The third kappa shape index (κ3) is 1.85. The summed E-state index contributed by atoms with van der Waals surface area (Å²) >= 11 is 0. The van der Waals surface area contributed by atoms with Crippen LogP contribution in [0.25, 0.3) is 0 Å². The Morgan fingerprint density at radius 3 is 2.53 bits per heavy atom. The summed E-state index contributed by atoms with van der Waals surface area (Å²) in [4.78, 5) is 3.95. The van der Waals surface area contributed by atoms with Crippen molar-refractivity contribution in [3.63, 3.8) is 0 Å². The fourth-order valence-electron chi connectivity index (χ4n) is 3.24. The molecule has 3 rings (SSSR count). The number of fused-ring (bicyclic) bond motifs is 2. The van der Waals surface area contributed by atoms with Crippen LogP contribution in [0.5, 0.6) is 0 Å². The Bertz CT molecular complexity index is 643. The molecule has 0 amide bonds. The average Bonchev–Trinajstić information content (AvgIpc) is 2.57. The molecule has 0 spiro atoms. The first kappa shape index (κ1) is 12.6. The lowest BCUT2D eigenvalue weighted by molar-refractivity contribution is 0.0170. The second-order valence-corrected chi connectivity index (χ2v) is 7.94. The topological polar surface area (TPSA) is 91.0 Å². The lowest BCUT2D eigenvalue weighted by Crippen LogP contribution is -2.43. The van der Waals surface area contributed by atoms with E-state index in [4.69, 9.17) is 5.26 Å². The number of rotatable bonds is 1. The van der Waals surface area contributed by atoms with Gasteiger partial charge in [-0.2, -0.15) is 5.26 Å². The highest BCUT2D eigenvalue weighted by Crippen LogP contribution is 2.47. The van der Waals surface area contributed by atoms with Crippen LogP contribution in [0, 0.1) is 11.3 Å². The largest absolute Gasteiger partial charge is 0.385 e. The Morgan fingerprint density at radius 2 is 1.95 bits per heavy atom. The smallest absolute Gasteiger partial charge is 0.156 e. The monoisotopic (exact) mass is 278 g/mol. The highest BCUT2D eigenvalue weighted by molar-refractivity contribution is 7.93. The van der Waals surface area contributed by atoms with Crippen molar-refractivity contribution < 1.29 is 13.5 Å². The lowest BCUT2D eigenvalue weighted by atomic mass is 9.86. The summed E-state index contributed by atoms with van der Waals surface area (Å²) in [6.45, 7) is 0. The highest BCUT2D eigenvalue weighted by Gasteiger charge is 2.53. The fourth-order valence-corrected chi connectivity index (χ4v) is 5.73. The Balaban J connectivity index is 2.00. The molecule has 5 nitrogen and oxygen atoms in total. The van der Waals surface area contributed by atoms with Crippen LogP contribution in [0.1, 0.15) is 36.8 Å². The third-order valence-corrected chi connectivity index (χ3v) is 6.94. The molecule has 2 aliphatic rings. The Morgan fingerprint density at radius 1 is 1.32 bits per heavy atom. The lowest BCUT2D eigenvalue weighted by Gasteiger charge is -2.36. The molecule has 2 fully saturated rings. The van der Waals surface area contributed by atoms with Crippen molar-refractivity contribution >= 4 is 9.84 Å². The Labute approximate surface area is 111 Å². The summed E-state index contributed by atoms with van der Waals surface area (Å²) in [5, 5.41) is 18.7. The van der Waals surface area contributed by atoms with Crippen LogP contribution in [-0.2, 0) is 15.4 Å². The number of hydrogen-bond donors (Lipinski definition) is 1. The van der Waals surface area contributed by atoms with Crippen molar-refractivity contribution in [2.24, 2.45) is 0 Å². The van der Waals surface area contributed by atoms with E-state index in [1.807, 2.05) is 6.07 Å². The third-order valence-electron chi connectivity index (χ3n) is 4.28. The van der Waals surface area contributed by atoms with Gasteiger partial charge in [-0.15, -0.1) is 0 Å². The summed E-state index contributed by atoms with van der Waals surface area (Å²) in [7, 11) is -3.07. The Hall–Kier alpha value is -1.45. The van der Waals surface area contributed by atoms with E-state index in [9.17, 15) is 13.5 Å². The minimum absolute atomic E-state index is 0.211. The molecule has 0 aliphatic carbocycles. The van der Waals surface area contributed by atoms with Gasteiger partial charge < -0.3 is 5.11 Å². The van der Waals surface area contributed by atoms with Gasteiger partial charge >= 0.3 is 0 Å². The summed E-state index contributed by atoms with van der Waals surface area (Å²) in [6, 6.07) is 3.59. The molecule has 19 heavy (non-hydrogen) atoms. The number of nitrogens with zero attached hydrogens (tertiary/aromatic N) is 2. The maximum Gasteiger partial charge on any atom is 0.156 e. The van der Waals surface area contributed by atoms with Gasteiger partial charge in [-0.3, -0.25) is 4.98 Å². The van der Waals surface area contributed by atoms with Gasteiger partial charge in [-0.1, -0.05) is 0 Å². The maximum absolute atomic E-state index is 12.0. The van der Waals surface area contributed by atoms with Crippen molar-refractivity contribution in [3.8, 4) is 6.07 Å². The van der Waals surface area contributed by atoms with Crippen LogP contribution in [0.3, 0.4) is 0 Å². The second-order valence-electron chi connectivity index (χ2n) is 5.42. The van der Waals surface area contributed by atoms with Crippen LogP contribution in [-0.4, -0.2) is 29.0 Å². The molecule has 3 heterocycles. The van der Waals surface area contributed by atoms with Crippen LogP contribution in [0.15, 0.2) is 18.5 Å². The number of aliphatic hydroxyl groups is 1. The summed E-state index contributed by atoms with van der Waals surface area (Å²) < 4.78 is 24.1. The highest BCUT2D eigenvalue weighted by atomic mass is 32.2. The molecule has 2 saturated heterocycles. The van der Waals surface area contributed by atoms with Crippen LogP contribution in [0.4, 0.5) is 0 Å². The average molecular weight is 278 g/mol. The molecule has 0 radical (unpaired) electrons. The number of pyridine rings is 1. The number of sulfone groups is 1. The summed E-state index contributed by atoms with van der Waals surface area (Å²) in [5.74, 6) is 0. The van der Waals surface area contributed by atoms with E-state index in [0.29, 0.717) is 24.0 Å². The van der Waals surface area contributed by atoms with Crippen LogP contribution in [0.2, 0.25) is 0 Å². The molecule has 2 unspecified atom stereocenters. The predicted molar refractivity (Wildman–Crippen MR) is 67.8 cm³/mol. The van der Waals surface area contributed by atoms with Gasteiger partial charge in [0.05, 0.1) is 21.7 Å². The molecule has 2 bridgehead atoms. The zero-order chi connectivity index (χ0) is 13.7. The first-order chi connectivity index (χ1) is 8.95. The molecule has 100 valence electrons. The van der Waals surface area contributed by atoms with E-state index in [2.05, 4.69) is 4.98 Å². The fraction of sp³-hybridized carbons (Fsp3) is 0.538. The summed E-state index contributed by atoms with van der Waals surface area (Å²) in [5.41, 5.74) is -0.234. The van der Waals surface area contributed by atoms with Gasteiger partial charge in [0.1, 0.15) is 6.07 Å². The SMILES string of the molecule is N#Cc1cncc(C2(O)CC3CCC(C2)S3(=O)=O)c1. The van der Waals surface area contributed by atoms with E-state index >= 15 is 0 Å². The van der Waals surface area contributed by atoms with Crippen molar-refractivity contribution in [1.29, 1.82) is 5.26 Å². The Kier molecular flexibility index (Phi) is 2.66. The van der Waals surface area contributed by atoms with Gasteiger partial charge in [0.2, 0.25) is 0 Å². The number of nitriles is 1. The van der Waals surface area contributed by atoms with E-state index < -0.39 is 25.9 Å². The molecule has 2 atom stereocenters. The number of aromatic nitrogens is 1. The number of hydrogen-bond acceptors (Lipinski definition) is 5. The zero-order valence-electron chi connectivity index (χ0n) is 10.3. The molecular weight excluding hydrogens is 264 g/mol. The molecule has 1 aromatic heterocycles. The van der Waals surface area contributed by atoms with Gasteiger partial charge in [0.15, 0.2) is 9.84 Å². The minimum atomic E-state index is -3.07.